The second-order valence-electron chi connectivity index (χ2n) is 6.82. The van der Waals surface area contributed by atoms with Crippen LogP contribution in [-0.4, -0.2) is 17.2 Å². The Balaban J connectivity index is 2.02. The van der Waals surface area contributed by atoms with Crippen molar-refractivity contribution in [1.82, 2.24) is 0 Å². The third-order valence-corrected chi connectivity index (χ3v) is 5.28. The molecule has 5 rings (SSSR count). The van der Waals surface area contributed by atoms with Crippen LogP contribution in [0.1, 0.15) is 0 Å². The summed E-state index contributed by atoms with van der Waals surface area (Å²) in [5, 5.41) is 26.2. The van der Waals surface area contributed by atoms with Crippen LogP contribution in [0.5, 0.6) is 0 Å². The second kappa shape index (κ2) is 6.24. The van der Waals surface area contributed by atoms with Crippen molar-refractivity contribution in [3.05, 3.63) is 91.0 Å². The Morgan fingerprint density at radius 1 is 0.481 bits per heavy atom. The molecule has 0 spiro atoms. The first-order valence-corrected chi connectivity index (χ1v) is 9.03. The minimum absolute atomic E-state index is 0.538. The highest BCUT2D eigenvalue weighted by Gasteiger charge is 2.18. The molecule has 2 nitrogen and oxygen atoms in total. The van der Waals surface area contributed by atoms with Gasteiger partial charge in [0.2, 0.25) is 0 Å². The molecule has 0 saturated carbocycles. The number of hydrogen-bond acceptors (Lipinski definition) is 2. The van der Waals surface area contributed by atoms with E-state index in [2.05, 4.69) is 42.5 Å². The van der Waals surface area contributed by atoms with Crippen molar-refractivity contribution in [1.29, 1.82) is 0 Å². The molecule has 128 valence electrons. The van der Waals surface area contributed by atoms with Gasteiger partial charge in [0.05, 0.1) is 0 Å². The zero-order valence-electron chi connectivity index (χ0n) is 14.6. The third kappa shape index (κ3) is 2.52. The van der Waals surface area contributed by atoms with Gasteiger partial charge in [0.15, 0.2) is 0 Å². The lowest BCUT2D eigenvalue weighted by atomic mass is 9.75. The molecular formula is C24H17BO2. The Kier molecular flexibility index (Phi) is 3.71. The van der Waals surface area contributed by atoms with Crippen LogP contribution < -0.4 is 5.46 Å². The third-order valence-electron chi connectivity index (χ3n) is 5.28. The van der Waals surface area contributed by atoms with Crippen molar-refractivity contribution in [2.45, 2.75) is 0 Å². The maximum atomic E-state index is 9.94. The summed E-state index contributed by atoms with van der Waals surface area (Å²) in [5.74, 6) is 0. The topological polar surface area (TPSA) is 40.5 Å². The molecule has 2 N–H and O–H groups in total. The van der Waals surface area contributed by atoms with Crippen LogP contribution >= 0.6 is 0 Å². The Hall–Kier alpha value is -3.14. The van der Waals surface area contributed by atoms with Crippen molar-refractivity contribution in [3.8, 4) is 11.1 Å². The van der Waals surface area contributed by atoms with Gasteiger partial charge in [-0.2, -0.15) is 0 Å². The first-order valence-electron chi connectivity index (χ1n) is 9.03. The highest BCUT2D eigenvalue weighted by Crippen LogP contribution is 2.37. The molecule has 0 amide bonds. The van der Waals surface area contributed by atoms with E-state index in [-0.39, 0.29) is 0 Å². The van der Waals surface area contributed by atoms with Gasteiger partial charge in [-0.25, -0.2) is 0 Å². The summed E-state index contributed by atoms with van der Waals surface area (Å²) < 4.78 is 0. The molecule has 5 aromatic rings. The molecule has 0 saturated heterocycles. The largest absolute Gasteiger partial charge is 0.489 e. The van der Waals surface area contributed by atoms with E-state index in [0.717, 1.165) is 32.3 Å². The van der Waals surface area contributed by atoms with Gasteiger partial charge in [-0.15, -0.1) is 0 Å². The van der Waals surface area contributed by atoms with Gasteiger partial charge in [-0.3, -0.25) is 0 Å². The first-order chi connectivity index (χ1) is 13.2. The van der Waals surface area contributed by atoms with Crippen molar-refractivity contribution in [3.63, 3.8) is 0 Å². The van der Waals surface area contributed by atoms with Crippen LogP contribution in [0.3, 0.4) is 0 Å². The summed E-state index contributed by atoms with van der Waals surface area (Å²) in [6.45, 7) is 0. The molecule has 0 aliphatic rings. The van der Waals surface area contributed by atoms with Crippen LogP contribution in [0.4, 0.5) is 0 Å². The van der Waals surface area contributed by atoms with E-state index in [1.807, 2.05) is 48.5 Å². The monoisotopic (exact) mass is 348 g/mol. The molecule has 5 aromatic carbocycles. The summed E-state index contributed by atoms with van der Waals surface area (Å²) in [7, 11) is -1.51. The van der Waals surface area contributed by atoms with Crippen molar-refractivity contribution < 1.29 is 10.0 Å². The fraction of sp³-hybridized carbons (Fsp3) is 0. The molecule has 0 fully saturated rings. The van der Waals surface area contributed by atoms with Gasteiger partial charge in [0.25, 0.3) is 0 Å². The van der Waals surface area contributed by atoms with E-state index < -0.39 is 7.12 Å². The van der Waals surface area contributed by atoms with Crippen LogP contribution in [0.25, 0.3) is 43.4 Å². The number of rotatable bonds is 2. The Morgan fingerprint density at radius 3 is 1.67 bits per heavy atom. The molecule has 0 bridgehead atoms. The average molecular weight is 348 g/mol. The summed E-state index contributed by atoms with van der Waals surface area (Å²) in [6, 6.07) is 30.7. The lowest BCUT2D eigenvalue weighted by Crippen LogP contribution is -2.30. The van der Waals surface area contributed by atoms with Crippen LogP contribution in [0, 0.1) is 0 Å². The second-order valence-corrected chi connectivity index (χ2v) is 6.82. The first kappa shape index (κ1) is 16.1. The molecule has 0 atom stereocenters. The summed E-state index contributed by atoms with van der Waals surface area (Å²) in [5.41, 5.74) is 2.89. The van der Waals surface area contributed by atoms with E-state index in [1.54, 1.807) is 0 Å². The maximum absolute atomic E-state index is 9.94. The van der Waals surface area contributed by atoms with Gasteiger partial charge in [0.1, 0.15) is 0 Å². The predicted molar refractivity (Wildman–Crippen MR) is 114 cm³/mol. The lowest BCUT2D eigenvalue weighted by Gasteiger charge is -2.15. The zero-order chi connectivity index (χ0) is 18.4. The maximum Gasteiger partial charge on any atom is 0.489 e. The van der Waals surface area contributed by atoms with Gasteiger partial charge < -0.3 is 10.0 Å². The minimum Gasteiger partial charge on any atom is -0.423 e. The van der Waals surface area contributed by atoms with Gasteiger partial charge in [-0.05, 0) is 55.0 Å². The van der Waals surface area contributed by atoms with Crippen LogP contribution in [0.2, 0.25) is 0 Å². The number of hydrogen-bond donors (Lipinski definition) is 2. The molecule has 0 heterocycles. The number of fused-ring (bicyclic) bond motifs is 5. The van der Waals surface area contributed by atoms with Crippen molar-refractivity contribution >= 4 is 44.9 Å². The molecular weight excluding hydrogens is 331 g/mol. The Labute approximate surface area is 157 Å². The predicted octanol–water partition coefficient (Wildman–Crippen LogP) is 4.49. The molecule has 0 aliphatic heterocycles. The van der Waals surface area contributed by atoms with E-state index in [9.17, 15) is 10.0 Å². The average Bonchev–Trinajstić information content (AvgIpc) is 2.73. The summed E-state index contributed by atoms with van der Waals surface area (Å²) in [4.78, 5) is 0. The van der Waals surface area contributed by atoms with Crippen LogP contribution in [-0.2, 0) is 0 Å². The fourth-order valence-electron chi connectivity index (χ4n) is 4.05. The van der Waals surface area contributed by atoms with Crippen LogP contribution in [0.15, 0.2) is 91.0 Å². The van der Waals surface area contributed by atoms with Gasteiger partial charge in [-0.1, -0.05) is 84.9 Å². The minimum atomic E-state index is -1.51. The summed E-state index contributed by atoms with van der Waals surface area (Å²) >= 11 is 0. The summed E-state index contributed by atoms with van der Waals surface area (Å²) in [6.07, 6.45) is 0. The lowest BCUT2D eigenvalue weighted by molar-refractivity contribution is 0.426. The normalized spacial score (nSPS) is 11.3. The zero-order valence-corrected chi connectivity index (χ0v) is 14.6. The van der Waals surface area contributed by atoms with Crippen molar-refractivity contribution in [2.24, 2.45) is 0 Å². The highest BCUT2D eigenvalue weighted by atomic mass is 16.4. The Bertz CT molecular complexity index is 1290. The van der Waals surface area contributed by atoms with Crippen molar-refractivity contribution in [2.75, 3.05) is 0 Å². The fourth-order valence-corrected chi connectivity index (χ4v) is 4.05. The molecule has 0 aliphatic carbocycles. The van der Waals surface area contributed by atoms with Gasteiger partial charge in [0, 0.05) is 0 Å². The smallest absolute Gasteiger partial charge is 0.423 e. The standard InChI is InChI=1S/C24H17BO2/c26-25(27)24-15-23-18-11-5-4-10-17(18)21(16-8-2-1-3-9-16)14-22(23)19-12-6-7-13-20(19)24/h1-15,26-27H. The highest BCUT2D eigenvalue weighted by molar-refractivity contribution is 6.63. The van der Waals surface area contributed by atoms with E-state index in [4.69, 9.17) is 0 Å². The van der Waals surface area contributed by atoms with Gasteiger partial charge >= 0.3 is 7.12 Å². The molecule has 0 aromatic heterocycles. The quantitative estimate of drug-likeness (QED) is 0.364. The molecule has 0 unspecified atom stereocenters. The van der Waals surface area contributed by atoms with E-state index in [1.165, 1.54) is 11.1 Å². The molecule has 0 radical (unpaired) electrons. The Morgan fingerprint density at radius 2 is 1.00 bits per heavy atom. The van der Waals surface area contributed by atoms with E-state index in [0.29, 0.717) is 5.46 Å². The number of benzene rings is 5. The van der Waals surface area contributed by atoms with E-state index >= 15 is 0 Å². The molecule has 27 heavy (non-hydrogen) atoms. The molecule has 3 heteroatoms. The SMILES string of the molecule is OB(O)c1cc2c3ccccc3c(-c3ccccc3)cc2c2ccccc12.